The van der Waals surface area contributed by atoms with Crippen LogP contribution in [0.3, 0.4) is 0 Å². The average molecular weight is 230 g/mol. The molecule has 1 amide bonds. The number of amides is 1. The zero-order chi connectivity index (χ0) is 8.72. The van der Waals surface area contributed by atoms with Gasteiger partial charge in [-0.05, 0) is 15.9 Å². The van der Waals surface area contributed by atoms with Crippen LogP contribution in [0, 0.1) is 0 Å². The van der Waals surface area contributed by atoms with Gasteiger partial charge in [0.2, 0.25) is 11.9 Å². The first kappa shape index (κ1) is 7.79. The first-order chi connectivity index (χ1) is 5.70. The summed E-state index contributed by atoms with van der Waals surface area (Å²) in [6, 6.07) is 0. The van der Waals surface area contributed by atoms with E-state index in [0.29, 0.717) is 6.42 Å². The summed E-state index contributed by atoms with van der Waals surface area (Å²) < 4.78 is 2.90. The molecule has 1 aliphatic heterocycles. The molecule has 0 fully saturated rings. The summed E-state index contributed by atoms with van der Waals surface area (Å²) in [6.45, 7) is 0.721. The van der Waals surface area contributed by atoms with E-state index in [1.54, 1.807) is 18.1 Å². The summed E-state index contributed by atoms with van der Waals surface area (Å²) in [7, 11) is 1.74. The van der Waals surface area contributed by atoms with Crippen LogP contribution in [-0.4, -0.2) is 22.5 Å². The summed E-state index contributed by atoms with van der Waals surface area (Å²) in [6.07, 6.45) is 2.27. The fourth-order valence-electron chi connectivity index (χ4n) is 1.31. The smallest absolute Gasteiger partial charge is 0.230 e. The lowest BCUT2D eigenvalue weighted by Crippen LogP contribution is -2.34. The Labute approximate surface area is 78.3 Å². The fourth-order valence-corrected chi connectivity index (χ4v) is 1.75. The van der Waals surface area contributed by atoms with E-state index in [-0.39, 0.29) is 5.91 Å². The van der Waals surface area contributed by atoms with Gasteiger partial charge in [0.05, 0.1) is 6.20 Å². The van der Waals surface area contributed by atoms with Gasteiger partial charge in [-0.25, -0.2) is 4.98 Å². The first-order valence-corrected chi connectivity index (χ1v) is 4.47. The van der Waals surface area contributed by atoms with E-state index in [0.717, 1.165) is 17.1 Å². The van der Waals surface area contributed by atoms with Gasteiger partial charge in [0, 0.05) is 20.0 Å². The van der Waals surface area contributed by atoms with Crippen LogP contribution in [0.2, 0.25) is 0 Å². The summed E-state index contributed by atoms with van der Waals surface area (Å²) in [5.41, 5.74) is 0. The van der Waals surface area contributed by atoms with E-state index in [1.165, 1.54) is 0 Å². The molecular formula is C7H8BrN3O. The minimum Gasteiger partial charge on any atom is -0.304 e. The Morgan fingerprint density at radius 2 is 2.42 bits per heavy atom. The van der Waals surface area contributed by atoms with Crippen molar-refractivity contribution in [3.8, 4) is 0 Å². The molecule has 12 heavy (non-hydrogen) atoms. The largest absolute Gasteiger partial charge is 0.304 e. The molecule has 5 heteroatoms. The number of imidazole rings is 1. The van der Waals surface area contributed by atoms with Crippen molar-refractivity contribution in [1.29, 1.82) is 0 Å². The van der Waals surface area contributed by atoms with Gasteiger partial charge in [-0.1, -0.05) is 0 Å². The Morgan fingerprint density at radius 1 is 1.67 bits per heavy atom. The van der Waals surface area contributed by atoms with Gasteiger partial charge >= 0.3 is 0 Å². The number of fused-ring (bicyclic) bond motifs is 1. The number of anilines is 1. The van der Waals surface area contributed by atoms with Crippen LogP contribution in [0.15, 0.2) is 10.8 Å². The molecule has 0 bridgehead atoms. The predicted molar refractivity (Wildman–Crippen MR) is 48.0 cm³/mol. The van der Waals surface area contributed by atoms with Crippen LogP contribution in [0.1, 0.15) is 6.42 Å². The maximum absolute atomic E-state index is 11.2. The Balaban J connectivity index is 2.50. The van der Waals surface area contributed by atoms with Gasteiger partial charge in [0.15, 0.2) is 0 Å². The lowest BCUT2D eigenvalue weighted by Gasteiger charge is -2.23. The highest BCUT2D eigenvalue weighted by atomic mass is 79.9. The van der Waals surface area contributed by atoms with E-state index >= 15 is 0 Å². The highest BCUT2D eigenvalue weighted by Crippen LogP contribution is 2.23. The second kappa shape index (κ2) is 2.58. The molecule has 0 saturated heterocycles. The number of halogens is 1. The SMILES string of the molecule is CN1C(=O)CCn2c(Br)cnc21. The molecule has 2 heterocycles. The number of aromatic nitrogens is 2. The van der Waals surface area contributed by atoms with Crippen LogP contribution >= 0.6 is 15.9 Å². The summed E-state index contributed by atoms with van der Waals surface area (Å²) >= 11 is 3.36. The predicted octanol–water partition coefficient (Wildman–Crippen LogP) is 1.01. The Bertz CT molecular complexity index is 333. The Morgan fingerprint density at radius 3 is 3.17 bits per heavy atom. The number of nitrogens with zero attached hydrogens (tertiary/aromatic N) is 3. The lowest BCUT2D eigenvalue weighted by molar-refractivity contribution is -0.119. The average Bonchev–Trinajstić information content (AvgIpc) is 2.41. The Kier molecular flexibility index (Phi) is 1.68. The van der Waals surface area contributed by atoms with Crippen molar-refractivity contribution in [1.82, 2.24) is 9.55 Å². The van der Waals surface area contributed by atoms with Crippen LogP contribution in [0.5, 0.6) is 0 Å². The molecular weight excluding hydrogens is 222 g/mol. The van der Waals surface area contributed by atoms with Crippen LogP contribution in [0.25, 0.3) is 0 Å². The molecule has 1 aliphatic rings. The molecule has 0 aliphatic carbocycles. The van der Waals surface area contributed by atoms with Gasteiger partial charge < -0.3 is 4.57 Å². The van der Waals surface area contributed by atoms with Crippen molar-refractivity contribution < 1.29 is 4.79 Å². The van der Waals surface area contributed by atoms with Crippen molar-refractivity contribution in [2.75, 3.05) is 11.9 Å². The molecule has 0 aromatic carbocycles. The van der Waals surface area contributed by atoms with Gasteiger partial charge in [-0.3, -0.25) is 9.69 Å². The third-order valence-electron chi connectivity index (χ3n) is 2.01. The van der Waals surface area contributed by atoms with Crippen molar-refractivity contribution >= 4 is 27.8 Å². The fraction of sp³-hybridized carbons (Fsp3) is 0.429. The minimum atomic E-state index is 0.126. The van der Waals surface area contributed by atoms with Gasteiger partial charge in [-0.15, -0.1) is 0 Å². The summed E-state index contributed by atoms with van der Waals surface area (Å²) in [5.74, 6) is 0.846. The third-order valence-corrected chi connectivity index (χ3v) is 2.64. The number of carbonyl (C=O) groups is 1. The third kappa shape index (κ3) is 0.964. The molecule has 1 aromatic rings. The zero-order valence-electron chi connectivity index (χ0n) is 6.62. The van der Waals surface area contributed by atoms with E-state index in [9.17, 15) is 4.79 Å². The van der Waals surface area contributed by atoms with Crippen molar-refractivity contribution in [3.05, 3.63) is 10.8 Å². The molecule has 1 aromatic heterocycles. The lowest BCUT2D eigenvalue weighted by atomic mass is 10.3. The zero-order valence-corrected chi connectivity index (χ0v) is 8.21. The van der Waals surface area contributed by atoms with Crippen molar-refractivity contribution in [2.24, 2.45) is 0 Å². The van der Waals surface area contributed by atoms with Gasteiger partial charge in [0.1, 0.15) is 4.60 Å². The quantitative estimate of drug-likeness (QED) is 0.667. The molecule has 64 valence electrons. The standard InChI is InChI=1S/C7H8BrN3O/c1-10-6(12)2-3-11-5(8)4-9-7(10)11/h4H,2-3H2,1H3. The van der Waals surface area contributed by atoms with Crippen LogP contribution < -0.4 is 4.90 Å². The van der Waals surface area contributed by atoms with E-state index in [2.05, 4.69) is 20.9 Å². The summed E-state index contributed by atoms with van der Waals surface area (Å²) in [4.78, 5) is 16.9. The van der Waals surface area contributed by atoms with Crippen molar-refractivity contribution in [2.45, 2.75) is 13.0 Å². The molecule has 2 rings (SSSR count). The second-order valence-electron chi connectivity index (χ2n) is 2.74. The normalized spacial score (nSPS) is 16.5. The minimum absolute atomic E-state index is 0.126. The number of hydrogen-bond donors (Lipinski definition) is 0. The second-order valence-corrected chi connectivity index (χ2v) is 3.55. The number of rotatable bonds is 0. The maximum atomic E-state index is 11.2. The van der Waals surface area contributed by atoms with Crippen LogP contribution in [0.4, 0.5) is 5.95 Å². The molecule has 0 spiro atoms. The van der Waals surface area contributed by atoms with E-state index in [4.69, 9.17) is 0 Å². The monoisotopic (exact) mass is 229 g/mol. The number of carbonyl (C=O) groups excluding carboxylic acids is 1. The number of hydrogen-bond acceptors (Lipinski definition) is 2. The molecule has 0 N–H and O–H groups in total. The molecule has 0 unspecified atom stereocenters. The molecule has 0 atom stereocenters. The van der Waals surface area contributed by atoms with E-state index in [1.807, 2.05) is 4.57 Å². The molecule has 0 saturated carbocycles. The van der Waals surface area contributed by atoms with Crippen LogP contribution in [-0.2, 0) is 11.3 Å². The topological polar surface area (TPSA) is 38.1 Å². The van der Waals surface area contributed by atoms with Crippen molar-refractivity contribution in [3.63, 3.8) is 0 Å². The first-order valence-electron chi connectivity index (χ1n) is 3.68. The van der Waals surface area contributed by atoms with Gasteiger partial charge in [-0.2, -0.15) is 0 Å². The summed E-state index contributed by atoms with van der Waals surface area (Å²) in [5, 5.41) is 0. The Hall–Kier alpha value is -0.840. The molecule has 4 nitrogen and oxygen atoms in total. The van der Waals surface area contributed by atoms with Gasteiger partial charge in [0.25, 0.3) is 0 Å². The van der Waals surface area contributed by atoms with E-state index < -0.39 is 0 Å². The maximum Gasteiger partial charge on any atom is 0.230 e. The highest BCUT2D eigenvalue weighted by molar-refractivity contribution is 9.10. The highest BCUT2D eigenvalue weighted by Gasteiger charge is 2.23. The molecule has 0 radical (unpaired) electrons.